The Labute approximate surface area is 190 Å². The third kappa shape index (κ3) is 3.28. The van der Waals surface area contributed by atoms with Gasteiger partial charge in [-0.05, 0) is 44.7 Å². The quantitative estimate of drug-likeness (QED) is 0.536. The lowest BCUT2D eigenvalue weighted by molar-refractivity contribution is 0.0544. The molecule has 2 aliphatic rings. The van der Waals surface area contributed by atoms with Crippen molar-refractivity contribution in [3.8, 4) is 11.3 Å². The van der Waals surface area contributed by atoms with Crippen molar-refractivity contribution in [2.24, 2.45) is 14.1 Å². The molecule has 0 N–H and O–H groups in total. The number of nitrogens with zero attached hydrogens (tertiary/aromatic N) is 5. The highest BCUT2D eigenvalue weighted by molar-refractivity contribution is 5.96. The Bertz CT molecular complexity index is 1260. The van der Waals surface area contributed by atoms with Gasteiger partial charge in [-0.2, -0.15) is 10.2 Å². The number of halogens is 3. The Kier molecular flexibility index (Phi) is 5.10. The molecule has 33 heavy (non-hydrogen) atoms. The molecule has 0 saturated heterocycles. The zero-order valence-electron chi connectivity index (χ0n) is 19.1. The average molecular weight is 458 g/mol. The Morgan fingerprint density at radius 1 is 1.12 bits per heavy atom. The fourth-order valence-electron chi connectivity index (χ4n) is 5.23. The molecule has 1 aromatic carbocycles. The van der Waals surface area contributed by atoms with Gasteiger partial charge in [0, 0.05) is 37.2 Å². The molecule has 1 aliphatic carbocycles. The molecular formula is C24H26F3N5O. The molecule has 2 atom stereocenters. The van der Waals surface area contributed by atoms with E-state index in [-0.39, 0.29) is 23.6 Å². The van der Waals surface area contributed by atoms with E-state index in [4.69, 9.17) is 0 Å². The van der Waals surface area contributed by atoms with Crippen LogP contribution in [-0.2, 0) is 20.5 Å². The van der Waals surface area contributed by atoms with Crippen LogP contribution in [0.4, 0.5) is 13.2 Å². The van der Waals surface area contributed by atoms with E-state index in [0.29, 0.717) is 35.7 Å². The minimum atomic E-state index is -1.50. The first-order valence-corrected chi connectivity index (χ1v) is 11.3. The monoisotopic (exact) mass is 457 g/mol. The summed E-state index contributed by atoms with van der Waals surface area (Å²) in [5.41, 5.74) is 3.38. The summed E-state index contributed by atoms with van der Waals surface area (Å²) in [6, 6.07) is 1.65. The van der Waals surface area contributed by atoms with E-state index in [2.05, 4.69) is 10.2 Å². The molecule has 9 heteroatoms. The number of aryl methyl sites for hydroxylation is 2. The largest absolute Gasteiger partial charge is 0.327 e. The van der Waals surface area contributed by atoms with E-state index in [1.54, 1.807) is 17.9 Å². The van der Waals surface area contributed by atoms with Crippen LogP contribution < -0.4 is 0 Å². The zero-order valence-corrected chi connectivity index (χ0v) is 19.1. The summed E-state index contributed by atoms with van der Waals surface area (Å²) >= 11 is 0. The van der Waals surface area contributed by atoms with E-state index in [1.165, 1.54) is 10.7 Å². The highest BCUT2D eigenvalue weighted by atomic mass is 19.2. The summed E-state index contributed by atoms with van der Waals surface area (Å²) in [6.45, 7) is 3.91. The predicted molar refractivity (Wildman–Crippen MR) is 116 cm³/mol. The summed E-state index contributed by atoms with van der Waals surface area (Å²) in [6.07, 6.45) is 4.89. The standard InChI is InChI=1S/C24H26F3N5O/c1-5-14-10-16-21(29-31(4)23(16)15-8-9-18(25)20(27)19(15)26)12(2)32(14)24(33)17-11-28-30(3)22(17)13-6-7-13/h8-9,11-14H,5-7,10H2,1-4H3. The van der Waals surface area contributed by atoms with Gasteiger partial charge in [0.15, 0.2) is 17.5 Å². The summed E-state index contributed by atoms with van der Waals surface area (Å²) in [4.78, 5) is 15.6. The normalized spacial score (nSPS) is 20.3. The van der Waals surface area contributed by atoms with Gasteiger partial charge in [-0.1, -0.05) is 6.92 Å². The second-order valence-corrected chi connectivity index (χ2v) is 9.05. The molecule has 1 fully saturated rings. The Balaban J connectivity index is 1.58. The average Bonchev–Trinajstić information content (AvgIpc) is 3.47. The maximum atomic E-state index is 14.7. The van der Waals surface area contributed by atoms with Crippen LogP contribution in [0.3, 0.4) is 0 Å². The Hall–Kier alpha value is -3.10. The van der Waals surface area contributed by atoms with Gasteiger partial charge >= 0.3 is 0 Å². The van der Waals surface area contributed by atoms with Gasteiger partial charge in [0.25, 0.3) is 5.91 Å². The second-order valence-electron chi connectivity index (χ2n) is 9.05. The molecule has 1 aliphatic heterocycles. The maximum absolute atomic E-state index is 14.7. The third-order valence-corrected chi connectivity index (χ3v) is 7.00. The first kappa shape index (κ1) is 21.7. The predicted octanol–water partition coefficient (Wildman–Crippen LogP) is 4.65. The van der Waals surface area contributed by atoms with Crippen LogP contribution >= 0.6 is 0 Å². The minimum absolute atomic E-state index is 0.0322. The molecule has 6 nitrogen and oxygen atoms in total. The molecule has 0 spiro atoms. The highest BCUT2D eigenvalue weighted by Crippen LogP contribution is 2.44. The number of rotatable bonds is 4. The second kappa shape index (κ2) is 7.74. The zero-order chi connectivity index (χ0) is 23.6. The van der Waals surface area contributed by atoms with Crippen molar-refractivity contribution in [1.29, 1.82) is 0 Å². The molecule has 1 saturated carbocycles. The molecule has 174 valence electrons. The van der Waals surface area contributed by atoms with Crippen molar-refractivity contribution in [2.45, 2.75) is 57.5 Å². The Morgan fingerprint density at radius 2 is 1.85 bits per heavy atom. The summed E-state index contributed by atoms with van der Waals surface area (Å²) < 4.78 is 45.5. The van der Waals surface area contributed by atoms with Crippen molar-refractivity contribution in [1.82, 2.24) is 24.5 Å². The van der Waals surface area contributed by atoms with Gasteiger partial charge in [-0.15, -0.1) is 0 Å². The van der Waals surface area contributed by atoms with Crippen LogP contribution in [0.1, 0.15) is 72.4 Å². The number of benzene rings is 1. The summed E-state index contributed by atoms with van der Waals surface area (Å²) in [5, 5.41) is 8.93. The van der Waals surface area contributed by atoms with E-state index in [1.807, 2.05) is 25.8 Å². The Morgan fingerprint density at radius 3 is 2.52 bits per heavy atom. The number of fused-ring (bicyclic) bond motifs is 1. The van der Waals surface area contributed by atoms with Gasteiger partial charge in [0.2, 0.25) is 0 Å². The van der Waals surface area contributed by atoms with E-state index in [9.17, 15) is 18.0 Å². The SMILES string of the molecule is CCC1Cc2c(nn(C)c2-c2ccc(F)c(F)c2F)C(C)N1C(=O)c1cnn(C)c1C1CC1. The van der Waals surface area contributed by atoms with Crippen LogP contribution in [-0.4, -0.2) is 36.4 Å². The lowest BCUT2D eigenvalue weighted by Crippen LogP contribution is -2.46. The molecular weight excluding hydrogens is 431 g/mol. The fraction of sp³-hybridized carbons (Fsp3) is 0.458. The molecule has 1 amide bonds. The molecule has 3 heterocycles. The smallest absolute Gasteiger partial charge is 0.258 e. The van der Waals surface area contributed by atoms with Gasteiger partial charge in [0.1, 0.15) is 0 Å². The first-order valence-electron chi connectivity index (χ1n) is 11.3. The summed E-state index contributed by atoms with van der Waals surface area (Å²) in [7, 11) is 3.52. The van der Waals surface area contributed by atoms with Crippen molar-refractivity contribution in [3.63, 3.8) is 0 Å². The number of carbonyl (C=O) groups excluding carboxylic acids is 1. The van der Waals surface area contributed by atoms with Gasteiger partial charge in [-0.3, -0.25) is 14.2 Å². The fourth-order valence-corrected chi connectivity index (χ4v) is 5.23. The number of amides is 1. The minimum Gasteiger partial charge on any atom is -0.327 e. The molecule has 3 aromatic rings. The lowest BCUT2D eigenvalue weighted by Gasteiger charge is -2.40. The van der Waals surface area contributed by atoms with Gasteiger partial charge in [-0.25, -0.2) is 13.2 Å². The van der Waals surface area contributed by atoms with Crippen molar-refractivity contribution in [2.75, 3.05) is 0 Å². The van der Waals surface area contributed by atoms with Gasteiger partial charge < -0.3 is 4.90 Å². The lowest BCUT2D eigenvalue weighted by atomic mass is 9.88. The molecule has 0 radical (unpaired) electrons. The van der Waals surface area contributed by atoms with Gasteiger partial charge in [0.05, 0.1) is 34.9 Å². The van der Waals surface area contributed by atoms with Crippen LogP contribution in [0.25, 0.3) is 11.3 Å². The number of aromatic nitrogens is 4. The van der Waals surface area contributed by atoms with Crippen molar-refractivity contribution < 1.29 is 18.0 Å². The van der Waals surface area contributed by atoms with Crippen LogP contribution in [0, 0.1) is 17.5 Å². The van der Waals surface area contributed by atoms with Crippen LogP contribution in [0.15, 0.2) is 18.3 Å². The molecule has 2 unspecified atom stereocenters. The van der Waals surface area contributed by atoms with E-state index in [0.717, 1.165) is 30.2 Å². The third-order valence-electron chi connectivity index (χ3n) is 7.00. The van der Waals surface area contributed by atoms with Crippen LogP contribution in [0.5, 0.6) is 0 Å². The topological polar surface area (TPSA) is 56.0 Å². The maximum Gasteiger partial charge on any atom is 0.258 e. The number of hydrogen-bond acceptors (Lipinski definition) is 3. The van der Waals surface area contributed by atoms with E-state index < -0.39 is 17.5 Å². The number of hydrogen-bond donors (Lipinski definition) is 0. The highest BCUT2D eigenvalue weighted by Gasteiger charge is 2.41. The molecule has 5 rings (SSSR count). The van der Waals surface area contributed by atoms with Crippen molar-refractivity contribution >= 4 is 5.91 Å². The van der Waals surface area contributed by atoms with E-state index >= 15 is 0 Å². The molecule has 2 aromatic heterocycles. The first-order chi connectivity index (χ1) is 15.7. The molecule has 0 bridgehead atoms. The summed E-state index contributed by atoms with van der Waals surface area (Å²) in [5.74, 6) is -3.68. The van der Waals surface area contributed by atoms with Crippen molar-refractivity contribution in [3.05, 3.63) is 58.3 Å². The number of carbonyl (C=O) groups is 1. The van der Waals surface area contributed by atoms with Crippen LogP contribution in [0.2, 0.25) is 0 Å².